The first kappa shape index (κ1) is 14.3. The summed E-state index contributed by atoms with van der Waals surface area (Å²) in [6.45, 7) is 1.95. The lowest BCUT2D eigenvalue weighted by molar-refractivity contribution is -0.130. The number of nitrogens with zero attached hydrogens (tertiary/aromatic N) is 2. The third-order valence-electron chi connectivity index (χ3n) is 3.33. The molecule has 0 spiro atoms. The lowest BCUT2D eigenvalue weighted by atomic mass is 10.3. The van der Waals surface area contributed by atoms with Crippen LogP contribution < -0.4 is 10.9 Å². The minimum absolute atomic E-state index is 0.0163. The molecule has 1 aromatic heterocycles. The van der Waals surface area contributed by atoms with E-state index in [4.69, 9.17) is 0 Å². The van der Waals surface area contributed by atoms with Crippen LogP contribution in [0.4, 0.5) is 0 Å². The Kier molecular flexibility index (Phi) is 4.92. The van der Waals surface area contributed by atoms with E-state index >= 15 is 0 Å². The van der Waals surface area contributed by atoms with E-state index in [0.29, 0.717) is 13.0 Å². The molecule has 0 bridgehead atoms. The van der Waals surface area contributed by atoms with Gasteiger partial charge in [0, 0.05) is 38.3 Å². The molecule has 2 rings (SSSR count). The van der Waals surface area contributed by atoms with Crippen LogP contribution in [-0.2, 0) is 16.1 Å². The van der Waals surface area contributed by atoms with Crippen molar-refractivity contribution in [1.82, 2.24) is 14.8 Å². The highest BCUT2D eigenvalue weighted by molar-refractivity contribution is 5.79. The fourth-order valence-electron chi connectivity index (χ4n) is 2.24. The molecule has 0 aliphatic carbocycles. The highest BCUT2D eigenvalue weighted by Gasteiger charge is 2.17. The molecule has 2 amide bonds. The van der Waals surface area contributed by atoms with Gasteiger partial charge in [-0.15, -0.1) is 0 Å². The van der Waals surface area contributed by atoms with Gasteiger partial charge in [-0.05, 0) is 18.9 Å². The molecule has 0 saturated carbocycles. The van der Waals surface area contributed by atoms with Crippen LogP contribution in [0.5, 0.6) is 0 Å². The van der Waals surface area contributed by atoms with Crippen molar-refractivity contribution in [3.8, 4) is 0 Å². The molecule has 1 N–H and O–H groups in total. The van der Waals surface area contributed by atoms with Crippen LogP contribution in [0.2, 0.25) is 0 Å². The molecule has 108 valence electrons. The normalized spacial score (nSPS) is 14.3. The zero-order chi connectivity index (χ0) is 14.4. The van der Waals surface area contributed by atoms with Crippen LogP contribution >= 0.6 is 0 Å². The van der Waals surface area contributed by atoms with Crippen molar-refractivity contribution in [3.05, 3.63) is 34.7 Å². The fourth-order valence-corrected chi connectivity index (χ4v) is 2.24. The number of pyridine rings is 1. The average molecular weight is 277 g/mol. The number of nitrogens with one attached hydrogen (secondary N) is 1. The van der Waals surface area contributed by atoms with Crippen LogP contribution in [-0.4, -0.2) is 40.9 Å². The Morgan fingerprint density at radius 2 is 1.95 bits per heavy atom. The maximum absolute atomic E-state index is 11.8. The molecule has 1 fully saturated rings. The van der Waals surface area contributed by atoms with E-state index in [2.05, 4.69) is 5.32 Å². The van der Waals surface area contributed by atoms with Crippen molar-refractivity contribution in [2.24, 2.45) is 0 Å². The van der Waals surface area contributed by atoms with Gasteiger partial charge in [0.15, 0.2) is 0 Å². The summed E-state index contributed by atoms with van der Waals surface area (Å²) in [4.78, 5) is 36.7. The molecule has 1 saturated heterocycles. The number of rotatable bonds is 5. The summed E-state index contributed by atoms with van der Waals surface area (Å²) < 4.78 is 1.33. The third kappa shape index (κ3) is 3.94. The first-order valence-corrected chi connectivity index (χ1v) is 6.87. The van der Waals surface area contributed by atoms with E-state index in [1.165, 1.54) is 10.6 Å². The quantitative estimate of drug-likeness (QED) is 0.822. The second kappa shape index (κ2) is 6.88. The van der Waals surface area contributed by atoms with Crippen LogP contribution in [0.1, 0.15) is 19.3 Å². The van der Waals surface area contributed by atoms with Crippen LogP contribution in [0.15, 0.2) is 29.2 Å². The van der Waals surface area contributed by atoms with Gasteiger partial charge < -0.3 is 14.8 Å². The number of hydrogen-bond donors (Lipinski definition) is 1. The molecule has 0 radical (unpaired) electrons. The number of carbonyl (C=O) groups is 2. The number of likely N-dealkylation sites (tertiary alicyclic amines) is 1. The van der Waals surface area contributed by atoms with E-state index in [-0.39, 0.29) is 23.9 Å². The third-order valence-corrected chi connectivity index (χ3v) is 3.33. The molecule has 6 nitrogen and oxygen atoms in total. The Hall–Kier alpha value is -2.11. The van der Waals surface area contributed by atoms with Gasteiger partial charge in [0.2, 0.25) is 11.8 Å². The van der Waals surface area contributed by atoms with E-state index in [1.807, 2.05) is 4.90 Å². The summed E-state index contributed by atoms with van der Waals surface area (Å²) in [5, 5.41) is 2.67. The first-order chi connectivity index (χ1) is 9.66. The predicted molar refractivity (Wildman–Crippen MR) is 74.1 cm³/mol. The van der Waals surface area contributed by atoms with Gasteiger partial charge in [-0.25, -0.2) is 0 Å². The minimum atomic E-state index is -0.257. The predicted octanol–water partition coefficient (Wildman–Crippen LogP) is -0.0230. The molecule has 0 unspecified atom stereocenters. The zero-order valence-electron chi connectivity index (χ0n) is 11.4. The number of aromatic nitrogens is 1. The molecule has 1 aliphatic heterocycles. The summed E-state index contributed by atoms with van der Waals surface area (Å²) in [5.74, 6) is -0.174. The maximum atomic E-state index is 11.8. The summed E-state index contributed by atoms with van der Waals surface area (Å²) in [6, 6.07) is 4.74. The lowest BCUT2D eigenvalue weighted by Gasteiger charge is -2.15. The fraction of sp³-hybridized carbons (Fsp3) is 0.500. The summed E-state index contributed by atoms with van der Waals surface area (Å²) in [6.07, 6.45) is 4.01. The van der Waals surface area contributed by atoms with Gasteiger partial charge in [-0.1, -0.05) is 6.07 Å². The SMILES string of the molecule is O=C(Cn1ccccc1=O)NCCC(=O)N1CCCC1. The van der Waals surface area contributed by atoms with E-state index in [1.54, 1.807) is 18.3 Å². The van der Waals surface area contributed by atoms with Gasteiger partial charge in [0.1, 0.15) is 6.54 Å². The van der Waals surface area contributed by atoms with Gasteiger partial charge in [0.25, 0.3) is 5.56 Å². The van der Waals surface area contributed by atoms with Crippen molar-refractivity contribution in [2.45, 2.75) is 25.8 Å². The van der Waals surface area contributed by atoms with E-state index < -0.39 is 0 Å². The molecular weight excluding hydrogens is 258 g/mol. The van der Waals surface area contributed by atoms with Gasteiger partial charge in [-0.2, -0.15) is 0 Å². The summed E-state index contributed by atoms with van der Waals surface area (Å²) in [5.41, 5.74) is -0.212. The number of carbonyl (C=O) groups excluding carboxylic acids is 2. The molecule has 0 atom stereocenters. The Morgan fingerprint density at radius 1 is 1.20 bits per heavy atom. The highest BCUT2D eigenvalue weighted by Crippen LogP contribution is 2.08. The lowest BCUT2D eigenvalue weighted by Crippen LogP contribution is -2.35. The molecule has 20 heavy (non-hydrogen) atoms. The largest absolute Gasteiger partial charge is 0.354 e. The molecule has 1 aromatic rings. The monoisotopic (exact) mass is 277 g/mol. The second-order valence-electron chi connectivity index (χ2n) is 4.85. The summed E-state index contributed by atoms with van der Waals surface area (Å²) >= 11 is 0. The Balaban J connectivity index is 1.71. The Morgan fingerprint density at radius 3 is 2.65 bits per heavy atom. The van der Waals surface area contributed by atoms with Crippen LogP contribution in [0.3, 0.4) is 0 Å². The zero-order valence-corrected chi connectivity index (χ0v) is 11.4. The van der Waals surface area contributed by atoms with Crippen molar-refractivity contribution < 1.29 is 9.59 Å². The molecule has 0 aromatic carbocycles. The number of hydrogen-bond acceptors (Lipinski definition) is 3. The van der Waals surface area contributed by atoms with Crippen molar-refractivity contribution in [1.29, 1.82) is 0 Å². The Labute approximate surface area is 117 Å². The molecule has 2 heterocycles. The maximum Gasteiger partial charge on any atom is 0.250 e. The molecule has 6 heteroatoms. The van der Waals surface area contributed by atoms with Crippen LogP contribution in [0.25, 0.3) is 0 Å². The highest BCUT2D eigenvalue weighted by atomic mass is 16.2. The Bertz CT molecular complexity index is 532. The van der Waals surface area contributed by atoms with Crippen molar-refractivity contribution >= 4 is 11.8 Å². The van der Waals surface area contributed by atoms with E-state index in [0.717, 1.165) is 25.9 Å². The smallest absolute Gasteiger partial charge is 0.250 e. The number of amides is 2. The standard InChI is InChI=1S/C14H19N3O3/c18-12(11-17-10-2-1-5-13(17)19)15-7-6-14(20)16-8-3-4-9-16/h1-2,5,10H,3-4,6-9,11H2,(H,15,18). The van der Waals surface area contributed by atoms with Crippen LogP contribution in [0, 0.1) is 0 Å². The molecule has 1 aliphatic rings. The summed E-state index contributed by atoms with van der Waals surface area (Å²) in [7, 11) is 0. The molecular formula is C14H19N3O3. The van der Waals surface area contributed by atoms with Crippen molar-refractivity contribution in [3.63, 3.8) is 0 Å². The second-order valence-corrected chi connectivity index (χ2v) is 4.85. The average Bonchev–Trinajstić information content (AvgIpc) is 2.95. The van der Waals surface area contributed by atoms with Gasteiger partial charge in [0.05, 0.1) is 0 Å². The minimum Gasteiger partial charge on any atom is -0.354 e. The van der Waals surface area contributed by atoms with Gasteiger partial charge >= 0.3 is 0 Å². The topological polar surface area (TPSA) is 71.4 Å². The van der Waals surface area contributed by atoms with Gasteiger partial charge in [-0.3, -0.25) is 14.4 Å². The van der Waals surface area contributed by atoms with Crippen molar-refractivity contribution in [2.75, 3.05) is 19.6 Å². The van der Waals surface area contributed by atoms with E-state index in [9.17, 15) is 14.4 Å². The first-order valence-electron chi connectivity index (χ1n) is 6.87.